The molecular weight excluding hydrogens is 821 g/mol. The van der Waals surface area contributed by atoms with E-state index in [4.69, 9.17) is 42.4 Å². The first-order valence-electron chi connectivity index (χ1n) is 21.0. The van der Waals surface area contributed by atoms with E-state index in [-0.39, 0.29) is 54.5 Å². The van der Waals surface area contributed by atoms with Crippen molar-refractivity contribution in [2.45, 2.75) is 66.2 Å². The quantitative estimate of drug-likeness (QED) is 0.0515. The summed E-state index contributed by atoms with van der Waals surface area (Å²) in [6.45, 7) is 10.9. The fraction of sp³-hybridized carbons (Fsp3) is 0.364. The van der Waals surface area contributed by atoms with Crippen LogP contribution in [0.2, 0.25) is 0 Å². The van der Waals surface area contributed by atoms with Crippen molar-refractivity contribution in [1.82, 2.24) is 33.8 Å². The molecule has 0 bridgehead atoms. The zero-order valence-corrected chi connectivity index (χ0v) is 36.8. The van der Waals surface area contributed by atoms with E-state index in [2.05, 4.69) is 25.6 Å². The van der Waals surface area contributed by atoms with E-state index >= 15 is 0 Å². The number of nitrogens with one attached hydrogen (secondary N) is 2. The number of hydrogen-bond donors (Lipinski definition) is 6. The standard InChI is InChI=1S/C44H56N14O6/c1-6-49-33(20-26(3)45)41(61)52-43-51-32-23-29(40(48)60)25-36(64-19-11-10-14-55-17-12-30(46)13-18-55)38(32)57(43)16-9-8-15-56-37-31(22-28(39(47)59)24-35(37)63-5)50-44(56)53-42(62)34-21-27(4)54-58(34)7-2/h8-11,20-25,30H,6-7,12-19,45-46H2,1-5H3,(H2,47,59)(H2,48,60)(H,50,53,62)(H,51,52,61)/b9-8+,11-10+,26-20-,49-33?. The number of benzene rings is 2. The average Bonchev–Trinajstić information content (AvgIpc) is 3.93. The number of amides is 4. The number of piperidine rings is 1. The zero-order chi connectivity index (χ0) is 46.1. The largest absolute Gasteiger partial charge is 0.494 e. The minimum Gasteiger partial charge on any atom is -0.494 e. The predicted molar refractivity (Wildman–Crippen MR) is 246 cm³/mol. The van der Waals surface area contributed by atoms with E-state index in [1.807, 2.05) is 31.2 Å². The third kappa shape index (κ3) is 10.8. The molecule has 1 saturated heterocycles. The Hall–Kier alpha value is -7.32. The van der Waals surface area contributed by atoms with Crippen molar-refractivity contribution in [2.75, 3.05) is 50.5 Å². The number of allylic oxidation sites excluding steroid dienone is 3. The van der Waals surface area contributed by atoms with Crippen molar-refractivity contribution in [3.05, 3.63) is 88.9 Å². The number of carbonyl (C=O) groups excluding carboxylic acids is 4. The number of aromatic nitrogens is 6. The van der Waals surface area contributed by atoms with Crippen molar-refractivity contribution in [2.24, 2.45) is 27.9 Å². The number of aliphatic imine (C=N–C) groups is 1. The number of aryl methyl sites for hydroxylation is 2. The second kappa shape index (κ2) is 20.7. The van der Waals surface area contributed by atoms with Crippen LogP contribution in [0.3, 0.4) is 0 Å². The fourth-order valence-electron chi connectivity index (χ4n) is 7.35. The number of ether oxygens (including phenoxy) is 2. The molecule has 4 amide bonds. The summed E-state index contributed by atoms with van der Waals surface area (Å²) < 4.78 is 17.1. The van der Waals surface area contributed by atoms with E-state index < -0.39 is 23.6 Å². The minimum atomic E-state index is -0.685. The highest BCUT2D eigenvalue weighted by atomic mass is 16.5. The van der Waals surface area contributed by atoms with Crippen LogP contribution >= 0.6 is 0 Å². The van der Waals surface area contributed by atoms with Gasteiger partial charge in [0.1, 0.15) is 40.5 Å². The molecule has 1 aliphatic rings. The van der Waals surface area contributed by atoms with Gasteiger partial charge in [0.05, 0.1) is 23.8 Å². The molecule has 0 radical (unpaired) electrons. The predicted octanol–water partition coefficient (Wildman–Crippen LogP) is 3.25. The first kappa shape index (κ1) is 46.2. The number of nitrogens with two attached hydrogens (primary N) is 4. The van der Waals surface area contributed by atoms with Crippen LogP contribution in [0.15, 0.2) is 71.4 Å². The third-order valence-corrected chi connectivity index (χ3v) is 10.5. The Bertz CT molecular complexity index is 2670. The number of methoxy groups -OCH3 is 1. The number of carbonyl (C=O) groups is 4. The van der Waals surface area contributed by atoms with Gasteiger partial charge in [-0.25, -0.2) is 9.97 Å². The molecule has 3 aromatic heterocycles. The Balaban J connectivity index is 1.38. The van der Waals surface area contributed by atoms with Crippen LogP contribution in [0.4, 0.5) is 11.9 Å². The number of primary amides is 2. The van der Waals surface area contributed by atoms with E-state index in [0.717, 1.165) is 32.5 Å². The molecule has 20 nitrogen and oxygen atoms in total. The van der Waals surface area contributed by atoms with Gasteiger partial charge in [-0.1, -0.05) is 24.3 Å². The maximum Gasteiger partial charge on any atom is 0.276 e. The van der Waals surface area contributed by atoms with Gasteiger partial charge in [-0.3, -0.25) is 44.4 Å². The Kier molecular flexibility index (Phi) is 14.9. The van der Waals surface area contributed by atoms with Crippen molar-refractivity contribution in [1.29, 1.82) is 0 Å². The molecule has 6 rings (SSSR count). The number of fused-ring (bicyclic) bond motifs is 2. The van der Waals surface area contributed by atoms with Gasteiger partial charge in [0.15, 0.2) is 0 Å². The Morgan fingerprint density at radius 2 is 1.41 bits per heavy atom. The van der Waals surface area contributed by atoms with E-state index in [1.165, 1.54) is 31.4 Å². The summed E-state index contributed by atoms with van der Waals surface area (Å²) in [6.07, 6.45) is 11.0. The molecule has 64 heavy (non-hydrogen) atoms. The van der Waals surface area contributed by atoms with Gasteiger partial charge in [-0.15, -0.1) is 0 Å². The number of imidazole rings is 2. The van der Waals surface area contributed by atoms with Crippen molar-refractivity contribution in [3.63, 3.8) is 0 Å². The third-order valence-electron chi connectivity index (χ3n) is 10.5. The highest BCUT2D eigenvalue weighted by molar-refractivity contribution is 6.47. The second-order valence-electron chi connectivity index (χ2n) is 15.2. The highest BCUT2D eigenvalue weighted by Gasteiger charge is 2.23. The maximum absolute atomic E-state index is 13.7. The Morgan fingerprint density at radius 1 is 0.828 bits per heavy atom. The van der Waals surface area contributed by atoms with Crippen molar-refractivity contribution < 1.29 is 28.7 Å². The van der Waals surface area contributed by atoms with Crippen LogP contribution in [0.25, 0.3) is 22.1 Å². The second-order valence-corrected chi connectivity index (χ2v) is 15.2. The zero-order valence-electron chi connectivity index (χ0n) is 36.8. The Morgan fingerprint density at radius 3 is 1.97 bits per heavy atom. The van der Waals surface area contributed by atoms with E-state index in [9.17, 15) is 19.2 Å². The van der Waals surface area contributed by atoms with Crippen LogP contribution in [0.1, 0.15) is 70.5 Å². The van der Waals surface area contributed by atoms with Gasteiger partial charge in [0.25, 0.3) is 11.8 Å². The summed E-state index contributed by atoms with van der Waals surface area (Å²) >= 11 is 0. The van der Waals surface area contributed by atoms with Gasteiger partial charge in [-0.2, -0.15) is 5.10 Å². The summed E-state index contributed by atoms with van der Waals surface area (Å²) in [5.41, 5.74) is 26.9. The highest BCUT2D eigenvalue weighted by Crippen LogP contribution is 2.33. The molecule has 1 aliphatic heterocycles. The normalized spacial score (nSPS) is 14.3. The van der Waals surface area contributed by atoms with Crippen molar-refractivity contribution in [3.8, 4) is 11.5 Å². The Labute approximate surface area is 370 Å². The SMILES string of the molecule is CCN=C(/C=C(/C)N)C(=O)Nc1nc2cc(C(N)=O)cc(OC/C=C/CN3CCC(N)CC3)c2n1C/C=C/Cn1c(NC(=O)c2cc(C)nn2CC)nc2cc(C(N)=O)cc(OC)c21. The number of likely N-dealkylation sites (tertiary alicyclic amines) is 1. The summed E-state index contributed by atoms with van der Waals surface area (Å²) in [6, 6.07) is 8.04. The first-order chi connectivity index (χ1) is 30.7. The van der Waals surface area contributed by atoms with Crippen LogP contribution < -0.4 is 43.0 Å². The number of anilines is 2. The number of rotatable bonds is 19. The molecule has 4 heterocycles. The lowest BCUT2D eigenvalue weighted by atomic mass is 10.1. The molecule has 1 fully saturated rings. The molecule has 2 aromatic carbocycles. The number of hydrogen-bond acceptors (Lipinski definition) is 13. The van der Waals surface area contributed by atoms with Gasteiger partial charge in [0, 0.05) is 55.6 Å². The van der Waals surface area contributed by atoms with Crippen LogP contribution in [0, 0.1) is 6.92 Å². The van der Waals surface area contributed by atoms with E-state index in [0.29, 0.717) is 63.7 Å². The lowest BCUT2D eigenvalue weighted by Gasteiger charge is -2.28. The summed E-state index contributed by atoms with van der Waals surface area (Å²) in [7, 11) is 1.46. The van der Waals surface area contributed by atoms with Gasteiger partial charge in [0.2, 0.25) is 23.7 Å². The monoisotopic (exact) mass is 876 g/mol. The number of nitrogens with zero attached hydrogens (tertiary/aromatic N) is 8. The van der Waals surface area contributed by atoms with Crippen LogP contribution in [0.5, 0.6) is 11.5 Å². The van der Waals surface area contributed by atoms with E-state index in [1.54, 1.807) is 46.7 Å². The van der Waals surface area contributed by atoms with Crippen molar-refractivity contribution >= 4 is 63.3 Å². The molecule has 0 spiro atoms. The lowest BCUT2D eigenvalue weighted by Crippen LogP contribution is -2.39. The molecule has 10 N–H and O–H groups in total. The average molecular weight is 877 g/mol. The van der Waals surface area contributed by atoms with Gasteiger partial charge >= 0.3 is 0 Å². The minimum absolute atomic E-state index is 0.0962. The molecule has 0 saturated carbocycles. The topological polar surface area (TPSA) is 284 Å². The maximum atomic E-state index is 13.7. The summed E-state index contributed by atoms with van der Waals surface area (Å²) in [4.78, 5) is 68.2. The smallest absolute Gasteiger partial charge is 0.276 e. The van der Waals surface area contributed by atoms with Crippen LogP contribution in [-0.2, 0) is 24.4 Å². The molecular formula is C44H56N14O6. The van der Waals surface area contributed by atoms with Gasteiger partial charge < -0.3 is 41.5 Å². The molecule has 5 aromatic rings. The molecule has 20 heteroatoms. The van der Waals surface area contributed by atoms with Gasteiger partial charge in [-0.05, 0) is 90.0 Å². The molecule has 0 unspecified atom stereocenters. The molecule has 338 valence electrons. The first-order valence-corrected chi connectivity index (χ1v) is 21.0. The lowest BCUT2D eigenvalue weighted by molar-refractivity contribution is -0.110. The van der Waals surface area contributed by atoms with Crippen LogP contribution in [-0.4, -0.2) is 109 Å². The molecule has 0 atom stereocenters. The summed E-state index contributed by atoms with van der Waals surface area (Å²) in [5, 5.41) is 10.2. The molecule has 0 aliphatic carbocycles. The summed E-state index contributed by atoms with van der Waals surface area (Å²) in [5.74, 6) is -1.44. The fourth-order valence-corrected chi connectivity index (χ4v) is 7.35.